The van der Waals surface area contributed by atoms with Crippen molar-refractivity contribution in [2.24, 2.45) is 0 Å². The van der Waals surface area contributed by atoms with Crippen LogP contribution in [0.4, 0.5) is 14.5 Å². The van der Waals surface area contributed by atoms with Crippen LogP contribution < -0.4 is 4.90 Å². The molecule has 150 valence electrons. The van der Waals surface area contributed by atoms with Crippen LogP contribution in [0, 0.1) is 11.6 Å². The molecule has 28 heavy (non-hydrogen) atoms. The van der Waals surface area contributed by atoms with Crippen molar-refractivity contribution in [1.82, 2.24) is 8.87 Å². The number of nitrogens with zero attached hydrogens (tertiary/aromatic N) is 3. The Labute approximate surface area is 168 Å². The van der Waals surface area contributed by atoms with Crippen LogP contribution in [0.15, 0.2) is 53.6 Å². The van der Waals surface area contributed by atoms with Crippen LogP contribution >= 0.6 is 12.4 Å². The average Bonchev–Trinajstić information content (AvgIpc) is 3.06. The highest BCUT2D eigenvalue weighted by Gasteiger charge is 2.23. The molecular weight excluding hydrogens is 408 g/mol. The first-order valence-corrected chi connectivity index (χ1v) is 10.1. The summed E-state index contributed by atoms with van der Waals surface area (Å²) in [6, 6.07) is 9.69. The fraction of sp³-hybridized carbons (Fsp3) is 0.263. The lowest BCUT2D eigenvalue weighted by molar-refractivity contribution is 0.313. The van der Waals surface area contributed by atoms with E-state index in [1.807, 2.05) is 12.1 Å². The molecule has 1 saturated heterocycles. The topological polar surface area (TPSA) is 45.5 Å². The highest BCUT2D eigenvalue weighted by atomic mass is 35.5. The van der Waals surface area contributed by atoms with E-state index in [0.29, 0.717) is 11.6 Å². The molecule has 2 heterocycles. The Bertz CT molecular complexity index is 1110. The summed E-state index contributed by atoms with van der Waals surface area (Å²) in [5.41, 5.74) is 1.48. The van der Waals surface area contributed by atoms with Gasteiger partial charge in [0.2, 0.25) is 0 Å². The van der Waals surface area contributed by atoms with Gasteiger partial charge in [0.25, 0.3) is 10.0 Å². The van der Waals surface area contributed by atoms with Crippen molar-refractivity contribution >= 4 is 39.0 Å². The monoisotopic (exact) mass is 427 g/mol. The minimum absolute atomic E-state index is 0. The number of aromatic nitrogens is 1. The van der Waals surface area contributed by atoms with Crippen LogP contribution in [0.25, 0.3) is 10.9 Å². The summed E-state index contributed by atoms with van der Waals surface area (Å²) in [4.78, 5) is 3.96. The van der Waals surface area contributed by atoms with Gasteiger partial charge >= 0.3 is 0 Å². The van der Waals surface area contributed by atoms with Crippen molar-refractivity contribution < 1.29 is 17.2 Å². The predicted octanol–water partition coefficient (Wildman–Crippen LogP) is 3.33. The van der Waals surface area contributed by atoms with Gasteiger partial charge < -0.3 is 9.80 Å². The standard InChI is InChI=1S/C19H19F2N3O2S.ClH/c1-22-8-10-23(11-9-22)16-3-4-18-14(12-16)6-7-24(18)27(25,26)19-5-2-15(20)13-17(19)21;/h2-7,12-13H,8-11H2,1H3;1H. The normalized spacial score (nSPS) is 15.6. The van der Waals surface area contributed by atoms with E-state index >= 15 is 0 Å². The molecule has 1 aliphatic heterocycles. The predicted molar refractivity (Wildman–Crippen MR) is 108 cm³/mol. The summed E-state index contributed by atoms with van der Waals surface area (Å²) in [6.45, 7) is 3.75. The van der Waals surface area contributed by atoms with Crippen molar-refractivity contribution in [3.63, 3.8) is 0 Å². The van der Waals surface area contributed by atoms with Crippen LogP contribution in [-0.4, -0.2) is 50.5 Å². The first-order valence-electron chi connectivity index (χ1n) is 8.61. The Hall–Kier alpha value is -2.16. The van der Waals surface area contributed by atoms with Gasteiger partial charge in [0.1, 0.15) is 16.5 Å². The number of hydrogen-bond donors (Lipinski definition) is 0. The van der Waals surface area contributed by atoms with Crippen molar-refractivity contribution in [3.05, 3.63) is 60.3 Å². The lowest BCUT2D eigenvalue weighted by Gasteiger charge is -2.34. The largest absolute Gasteiger partial charge is 0.369 e. The number of anilines is 1. The minimum Gasteiger partial charge on any atom is -0.369 e. The van der Waals surface area contributed by atoms with Gasteiger partial charge in [-0.15, -0.1) is 12.4 Å². The molecule has 2 aromatic carbocycles. The number of fused-ring (bicyclic) bond motifs is 1. The summed E-state index contributed by atoms with van der Waals surface area (Å²) < 4.78 is 53.9. The van der Waals surface area contributed by atoms with E-state index in [-0.39, 0.29) is 12.4 Å². The molecular formula is C19H20ClF2N3O2S. The molecule has 1 aliphatic rings. The van der Waals surface area contributed by atoms with E-state index in [9.17, 15) is 17.2 Å². The molecule has 0 radical (unpaired) electrons. The zero-order chi connectivity index (χ0) is 19.2. The second-order valence-corrected chi connectivity index (χ2v) is 8.51. The SMILES string of the molecule is CN1CCN(c2ccc3c(ccn3S(=O)(=O)c3ccc(F)cc3F)c2)CC1.Cl. The molecule has 0 unspecified atom stereocenters. The zero-order valence-electron chi connectivity index (χ0n) is 15.2. The summed E-state index contributed by atoms with van der Waals surface area (Å²) in [7, 11) is -2.08. The maximum atomic E-state index is 14.0. The van der Waals surface area contributed by atoms with Crippen LogP contribution in [0.5, 0.6) is 0 Å². The number of rotatable bonds is 3. The summed E-state index contributed by atoms with van der Waals surface area (Å²) >= 11 is 0. The van der Waals surface area contributed by atoms with E-state index in [2.05, 4.69) is 16.8 Å². The van der Waals surface area contributed by atoms with Crippen molar-refractivity contribution in [1.29, 1.82) is 0 Å². The molecule has 3 aromatic rings. The van der Waals surface area contributed by atoms with Gasteiger partial charge in [-0.3, -0.25) is 0 Å². The van der Waals surface area contributed by atoms with Crippen LogP contribution in [0.2, 0.25) is 0 Å². The fourth-order valence-electron chi connectivity index (χ4n) is 3.37. The minimum atomic E-state index is -4.16. The molecule has 0 bridgehead atoms. The molecule has 0 aliphatic carbocycles. The van der Waals surface area contributed by atoms with Gasteiger partial charge in [-0.05, 0) is 43.4 Å². The Kier molecular flexibility index (Phi) is 5.65. The zero-order valence-corrected chi connectivity index (χ0v) is 16.8. The smallest absolute Gasteiger partial charge is 0.271 e. The summed E-state index contributed by atoms with van der Waals surface area (Å²) in [6.07, 6.45) is 1.40. The van der Waals surface area contributed by atoms with Gasteiger partial charge in [-0.25, -0.2) is 21.2 Å². The van der Waals surface area contributed by atoms with E-state index in [0.717, 1.165) is 53.4 Å². The van der Waals surface area contributed by atoms with E-state index in [4.69, 9.17) is 0 Å². The van der Waals surface area contributed by atoms with Crippen LogP contribution in [0.3, 0.4) is 0 Å². The molecule has 0 atom stereocenters. The fourth-order valence-corrected chi connectivity index (χ4v) is 4.77. The molecule has 0 spiro atoms. The van der Waals surface area contributed by atoms with Gasteiger partial charge in [-0.1, -0.05) is 0 Å². The third-order valence-electron chi connectivity index (χ3n) is 4.94. The Balaban J connectivity index is 0.00000225. The Morgan fingerprint density at radius 1 is 0.929 bits per heavy atom. The maximum absolute atomic E-state index is 14.0. The molecule has 1 fully saturated rings. The van der Waals surface area contributed by atoms with Crippen LogP contribution in [-0.2, 0) is 10.0 Å². The number of piperazine rings is 1. The number of halogens is 3. The highest BCUT2D eigenvalue weighted by Crippen LogP contribution is 2.28. The first kappa shape index (κ1) is 20.6. The van der Waals surface area contributed by atoms with Gasteiger partial charge in [0.05, 0.1) is 5.52 Å². The maximum Gasteiger partial charge on any atom is 0.271 e. The van der Waals surface area contributed by atoms with E-state index < -0.39 is 26.6 Å². The molecule has 5 nitrogen and oxygen atoms in total. The number of benzene rings is 2. The Morgan fingerprint density at radius 2 is 1.64 bits per heavy atom. The quantitative estimate of drug-likeness (QED) is 0.643. The Morgan fingerprint density at radius 3 is 2.32 bits per heavy atom. The first-order chi connectivity index (χ1) is 12.9. The third-order valence-corrected chi connectivity index (χ3v) is 6.66. The lowest BCUT2D eigenvalue weighted by Crippen LogP contribution is -2.44. The third kappa shape index (κ3) is 3.59. The van der Waals surface area contributed by atoms with Gasteiger partial charge in [0.15, 0.2) is 0 Å². The number of likely N-dealkylation sites (N-methyl/N-ethyl adjacent to an activating group) is 1. The van der Waals surface area contributed by atoms with Gasteiger partial charge in [-0.2, -0.15) is 0 Å². The van der Waals surface area contributed by atoms with Gasteiger partial charge in [0, 0.05) is 49.5 Å². The molecule has 0 N–H and O–H groups in total. The second-order valence-electron chi connectivity index (χ2n) is 6.72. The molecule has 9 heteroatoms. The summed E-state index contributed by atoms with van der Waals surface area (Å²) in [5, 5.41) is 0.748. The van der Waals surface area contributed by atoms with E-state index in [1.54, 1.807) is 12.1 Å². The second kappa shape index (κ2) is 7.69. The number of hydrogen-bond acceptors (Lipinski definition) is 4. The molecule has 0 amide bonds. The van der Waals surface area contributed by atoms with Crippen molar-refractivity contribution in [2.45, 2.75) is 4.90 Å². The molecule has 4 rings (SSSR count). The van der Waals surface area contributed by atoms with Crippen LogP contribution in [0.1, 0.15) is 0 Å². The van der Waals surface area contributed by atoms with Crippen molar-refractivity contribution in [2.75, 3.05) is 38.1 Å². The highest BCUT2D eigenvalue weighted by molar-refractivity contribution is 7.90. The van der Waals surface area contributed by atoms with E-state index in [1.165, 1.54) is 6.20 Å². The lowest BCUT2D eigenvalue weighted by atomic mass is 10.2. The average molecular weight is 428 g/mol. The summed E-state index contributed by atoms with van der Waals surface area (Å²) in [5.74, 6) is -1.92. The van der Waals surface area contributed by atoms with Crippen molar-refractivity contribution in [3.8, 4) is 0 Å². The molecule has 1 aromatic heterocycles. The molecule has 0 saturated carbocycles.